The molecule has 3 heterocycles. The largest absolute Gasteiger partial charge is 0.416 e. The number of hydrogen-bond donors (Lipinski definition) is 2. The second-order valence-corrected chi connectivity index (χ2v) is 10.0. The summed E-state index contributed by atoms with van der Waals surface area (Å²) in [6.07, 6.45) is 0.650. The maximum Gasteiger partial charge on any atom is 0.416 e. The molecule has 12 heteroatoms. The number of carbonyl (C=O) groups excluding carboxylic acids is 2. The van der Waals surface area contributed by atoms with E-state index in [1.807, 2.05) is 6.92 Å². The third-order valence-corrected chi connectivity index (χ3v) is 7.50. The van der Waals surface area contributed by atoms with Crippen molar-refractivity contribution in [2.45, 2.75) is 19.1 Å². The lowest BCUT2D eigenvalue weighted by Gasteiger charge is -2.45. The van der Waals surface area contributed by atoms with E-state index in [1.54, 1.807) is 23.2 Å². The van der Waals surface area contributed by atoms with Gasteiger partial charge in [0.15, 0.2) is 0 Å². The topological polar surface area (TPSA) is 101 Å². The van der Waals surface area contributed by atoms with Crippen LogP contribution in [0.25, 0.3) is 0 Å². The van der Waals surface area contributed by atoms with Gasteiger partial charge in [0.2, 0.25) is 0 Å². The standard InChI is InChI=1S/C27H29F3N6O3/c1-17-13-18(15-31)5-6-21(17)24-23-22(16-35(33-25(23)37)8-7-34-9-11-39-12-10-34)36(26(38)32-24)20-4-2-3-19(14-20)27(28,29)30/h2-6,13-14,17,21,24H,7-12,16H2,1H3,(H,32,38)(H,33,37)/t17?,21?,24-/m1/s1. The molecule has 1 fully saturated rings. The highest BCUT2D eigenvalue weighted by Crippen LogP contribution is 2.38. The van der Waals surface area contributed by atoms with E-state index >= 15 is 0 Å². The molecule has 0 aromatic heterocycles. The smallest absolute Gasteiger partial charge is 0.379 e. The molecule has 39 heavy (non-hydrogen) atoms. The Morgan fingerprint density at radius 2 is 1.95 bits per heavy atom. The van der Waals surface area contributed by atoms with Crippen molar-refractivity contribution >= 4 is 17.6 Å². The van der Waals surface area contributed by atoms with Crippen LogP contribution in [0.3, 0.4) is 0 Å². The molecular weight excluding hydrogens is 513 g/mol. The third kappa shape index (κ3) is 5.56. The normalized spacial score (nSPS) is 26.5. The van der Waals surface area contributed by atoms with Crippen molar-refractivity contribution in [1.82, 2.24) is 20.7 Å². The van der Waals surface area contributed by atoms with Gasteiger partial charge in [-0.3, -0.25) is 20.0 Å². The van der Waals surface area contributed by atoms with Gasteiger partial charge >= 0.3 is 12.2 Å². The van der Waals surface area contributed by atoms with Crippen LogP contribution in [0, 0.1) is 23.2 Å². The van der Waals surface area contributed by atoms with Crippen molar-refractivity contribution in [3.63, 3.8) is 0 Å². The number of carbonyl (C=O) groups is 2. The number of urea groups is 1. The first-order valence-electron chi connectivity index (χ1n) is 12.8. The molecule has 0 bridgehead atoms. The van der Waals surface area contributed by atoms with Crippen LogP contribution in [0.2, 0.25) is 0 Å². The Morgan fingerprint density at radius 1 is 1.18 bits per heavy atom. The van der Waals surface area contributed by atoms with E-state index in [1.165, 1.54) is 17.0 Å². The molecule has 1 saturated heterocycles. The average Bonchev–Trinajstić information content (AvgIpc) is 2.91. The fraction of sp³-hybridized carbons (Fsp3) is 0.444. The first-order valence-corrected chi connectivity index (χ1v) is 12.8. The minimum Gasteiger partial charge on any atom is -0.379 e. The number of halogens is 3. The lowest BCUT2D eigenvalue weighted by molar-refractivity contribution is -0.137. The minimum absolute atomic E-state index is 0.0231. The number of rotatable bonds is 5. The molecule has 3 amide bonds. The molecule has 4 aliphatic rings. The Morgan fingerprint density at radius 3 is 2.64 bits per heavy atom. The van der Waals surface area contributed by atoms with Crippen molar-refractivity contribution in [1.29, 1.82) is 5.26 Å². The number of nitrogens with one attached hydrogen (secondary N) is 2. The summed E-state index contributed by atoms with van der Waals surface area (Å²) in [7, 11) is 0. The first-order chi connectivity index (χ1) is 18.7. The summed E-state index contributed by atoms with van der Waals surface area (Å²) in [6, 6.07) is 5.30. The molecule has 0 spiro atoms. The molecule has 0 radical (unpaired) electrons. The van der Waals surface area contributed by atoms with E-state index < -0.39 is 29.7 Å². The number of amides is 3. The zero-order chi connectivity index (χ0) is 27.7. The molecule has 1 aromatic rings. The van der Waals surface area contributed by atoms with E-state index in [4.69, 9.17) is 4.74 Å². The molecule has 2 N–H and O–H groups in total. The van der Waals surface area contributed by atoms with Gasteiger partial charge < -0.3 is 10.1 Å². The highest BCUT2D eigenvalue weighted by Gasteiger charge is 2.45. The monoisotopic (exact) mass is 542 g/mol. The number of benzene rings is 1. The molecular formula is C27H29F3N6O3. The van der Waals surface area contributed by atoms with E-state index in [0.717, 1.165) is 25.2 Å². The van der Waals surface area contributed by atoms with Crippen LogP contribution < -0.4 is 15.6 Å². The molecule has 5 rings (SSSR count). The molecule has 3 atom stereocenters. The van der Waals surface area contributed by atoms with Gasteiger partial charge in [0.1, 0.15) is 0 Å². The van der Waals surface area contributed by atoms with Crippen molar-refractivity contribution in [3.8, 4) is 6.07 Å². The van der Waals surface area contributed by atoms with Crippen LogP contribution in [-0.2, 0) is 15.7 Å². The van der Waals surface area contributed by atoms with Gasteiger partial charge in [-0.25, -0.2) is 9.80 Å². The summed E-state index contributed by atoms with van der Waals surface area (Å²) in [4.78, 5) is 30.5. The Labute approximate surface area is 224 Å². The van der Waals surface area contributed by atoms with Crippen molar-refractivity contribution < 1.29 is 27.5 Å². The summed E-state index contributed by atoms with van der Waals surface area (Å²) in [5.74, 6) is -0.919. The quantitative estimate of drug-likeness (QED) is 0.594. The van der Waals surface area contributed by atoms with Gasteiger partial charge in [-0.1, -0.05) is 25.1 Å². The Kier molecular flexibility index (Phi) is 7.48. The maximum atomic E-state index is 13.6. The van der Waals surface area contributed by atoms with Gasteiger partial charge in [-0.15, -0.1) is 0 Å². The van der Waals surface area contributed by atoms with Crippen LogP contribution in [0.4, 0.5) is 23.7 Å². The molecule has 9 nitrogen and oxygen atoms in total. The van der Waals surface area contributed by atoms with Crippen LogP contribution in [-0.4, -0.2) is 73.8 Å². The number of anilines is 1. The van der Waals surface area contributed by atoms with Crippen LogP contribution in [0.15, 0.2) is 59.3 Å². The number of alkyl halides is 3. The fourth-order valence-corrected chi connectivity index (χ4v) is 5.48. The van der Waals surface area contributed by atoms with Crippen molar-refractivity contribution in [2.24, 2.45) is 11.8 Å². The number of hydrazine groups is 1. The summed E-state index contributed by atoms with van der Waals surface area (Å²) >= 11 is 0. The predicted molar refractivity (Wildman–Crippen MR) is 136 cm³/mol. The third-order valence-electron chi connectivity index (χ3n) is 7.50. The molecule has 3 aliphatic heterocycles. The van der Waals surface area contributed by atoms with E-state index in [9.17, 15) is 28.0 Å². The zero-order valence-electron chi connectivity index (χ0n) is 21.4. The van der Waals surface area contributed by atoms with Crippen LogP contribution in [0.5, 0.6) is 0 Å². The summed E-state index contributed by atoms with van der Waals surface area (Å²) < 4.78 is 46.0. The van der Waals surface area contributed by atoms with E-state index in [-0.39, 0.29) is 24.1 Å². The van der Waals surface area contributed by atoms with E-state index in [2.05, 4.69) is 21.7 Å². The van der Waals surface area contributed by atoms with Crippen LogP contribution >= 0.6 is 0 Å². The van der Waals surface area contributed by atoms with E-state index in [0.29, 0.717) is 43.1 Å². The summed E-state index contributed by atoms with van der Waals surface area (Å²) in [5, 5.41) is 13.8. The van der Waals surface area contributed by atoms with Gasteiger partial charge in [-0.05, 0) is 30.2 Å². The molecule has 1 aliphatic carbocycles. The Balaban J connectivity index is 1.51. The van der Waals surface area contributed by atoms with Gasteiger partial charge in [0, 0.05) is 37.7 Å². The number of nitriles is 1. The molecule has 1 aromatic carbocycles. The molecule has 0 saturated carbocycles. The fourth-order valence-electron chi connectivity index (χ4n) is 5.48. The lowest BCUT2D eigenvalue weighted by Crippen LogP contribution is -2.63. The lowest BCUT2D eigenvalue weighted by atomic mass is 9.77. The Bertz CT molecular complexity index is 1280. The summed E-state index contributed by atoms with van der Waals surface area (Å²) in [6.45, 7) is 5.92. The van der Waals surface area contributed by atoms with Gasteiger partial charge in [0.25, 0.3) is 5.91 Å². The zero-order valence-corrected chi connectivity index (χ0v) is 21.4. The average molecular weight is 543 g/mol. The number of allylic oxidation sites excluding steroid dienone is 3. The second-order valence-electron chi connectivity index (χ2n) is 10.0. The number of morpholine rings is 1. The van der Waals surface area contributed by atoms with Gasteiger partial charge in [-0.2, -0.15) is 18.4 Å². The minimum atomic E-state index is -4.59. The molecule has 2 unspecified atom stereocenters. The number of ether oxygens (including phenoxy) is 1. The van der Waals surface area contributed by atoms with Crippen molar-refractivity contribution in [2.75, 3.05) is 50.8 Å². The Hall–Kier alpha value is -3.66. The SMILES string of the molecule is CC1C=C(C#N)C=CC1[C@H]1NC(=O)N(c2cccc(C(F)(F)F)c2)C2=C1C(=O)NN(CCN1CCOCC1)C2. The maximum absolute atomic E-state index is 13.6. The summed E-state index contributed by atoms with van der Waals surface area (Å²) in [5.41, 5.74) is 3.17. The number of hydrogen-bond acceptors (Lipinski definition) is 6. The second kappa shape index (κ2) is 10.8. The molecule has 206 valence electrons. The van der Waals surface area contributed by atoms with Crippen molar-refractivity contribution in [3.05, 3.63) is 64.9 Å². The highest BCUT2D eigenvalue weighted by molar-refractivity contribution is 6.05. The predicted octanol–water partition coefficient (Wildman–Crippen LogP) is 2.81. The first kappa shape index (κ1) is 26.9. The van der Waals surface area contributed by atoms with Gasteiger partial charge in [0.05, 0.1) is 54.4 Å². The number of nitrogens with zero attached hydrogens (tertiary/aromatic N) is 4. The highest BCUT2D eigenvalue weighted by atomic mass is 19.4. The van der Waals surface area contributed by atoms with Crippen LogP contribution in [0.1, 0.15) is 12.5 Å².